The Kier molecular flexibility index (Phi) is 4.49. The van der Waals surface area contributed by atoms with Crippen molar-refractivity contribution in [1.82, 2.24) is 0 Å². The standard InChI is InChI=1S/C15H14BrNO3S/c1-10-3-6-13(7-4-10)21(19,20)17-15-8-5-12(16)9-14(15)11(2)18/h3-9,17H,1-2H3. The predicted octanol–water partition coefficient (Wildman–Crippen LogP) is 3.76. The molecule has 6 heteroatoms. The van der Waals surface area contributed by atoms with Gasteiger partial charge in [-0.2, -0.15) is 0 Å². The Morgan fingerprint density at radius 1 is 1.10 bits per heavy atom. The third-order valence-electron chi connectivity index (χ3n) is 2.94. The Hall–Kier alpha value is -1.66. The fraction of sp³-hybridized carbons (Fsp3) is 0.133. The number of hydrogen-bond donors (Lipinski definition) is 1. The predicted molar refractivity (Wildman–Crippen MR) is 86.1 cm³/mol. The molecule has 21 heavy (non-hydrogen) atoms. The van der Waals surface area contributed by atoms with E-state index in [9.17, 15) is 13.2 Å². The number of ketones is 1. The smallest absolute Gasteiger partial charge is 0.261 e. The van der Waals surface area contributed by atoms with Gasteiger partial charge in [-0.05, 0) is 44.2 Å². The molecule has 2 aromatic rings. The van der Waals surface area contributed by atoms with Gasteiger partial charge in [0.1, 0.15) is 0 Å². The highest BCUT2D eigenvalue weighted by Crippen LogP contribution is 2.24. The number of carbonyl (C=O) groups is 1. The SMILES string of the molecule is CC(=O)c1cc(Br)ccc1NS(=O)(=O)c1ccc(C)cc1. The number of halogens is 1. The second-order valence-electron chi connectivity index (χ2n) is 4.66. The van der Waals surface area contributed by atoms with Crippen molar-refractivity contribution in [2.75, 3.05) is 4.72 Å². The molecule has 0 saturated heterocycles. The summed E-state index contributed by atoms with van der Waals surface area (Å²) in [6.07, 6.45) is 0. The van der Waals surface area contributed by atoms with E-state index in [0.717, 1.165) is 5.56 Å². The molecule has 0 bridgehead atoms. The maximum absolute atomic E-state index is 12.3. The van der Waals surface area contributed by atoms with Crippen LogP contribution in [0.25, 0.3) is 0 Å². The largest absolute Gasteiger partial charge is 0.294 e. The van der Waals surface area contributed by atoms with Crippen LogP contribution in [0.5, 0.6) is 0 Å². The Balaban J connectivity index is 2.41. The van der Waals surface area contributed by atoms with E-state index in [4.69, 9.17) is 0 Å². The summed E-state index contributed by atoms with van der Waals surface area (Å²) in [6.45, 7) is 3.28. The maximum atomic E-state index is 12.3. The van der Waals surface area contributed by atoms with Crippen LogP contribution in [-0.2, 0) is 10.0 Å². The zero-order valence-corrected chi connectivity index (χ0v) is 14.0. The molecule has 0 aliphatic heterocycles. The van der Waals surface area contributed by atoms with E-state index < -0.39 is 10.0 Å². The molecular weight excluding hydrogens is 354 g/mol. The van der Waals surface area contributed by atoms with Crippen LogP contribution in [0.1, 0.15) is 22.8 Å². The lowest BCUT2D eigenvalue weighted by molar-refractivity contribution is 0.101. The highest BCUT2D eigenvalue weighted by molar-refractivity contribution is 9.10. The van der Waals surface area contributed by atoms with Gasteiger partial charge in [0.2, 0.25) is 0 Å². The first-order valence-corrected chi connectivity index (χ1v) is 8.47. The minimum absolute atomic E-state index is 0.158. The quantitative estimate of drug-likeness (QED) is 0.836. The first-order chi connectivity index (χ1) is 9.79. The maximum Gasteiger partial charge on any atom is 0.261 e. The fourth-order valence-corrected chi connectivity index (χ4v) is 3.26. The molecule has 0 heterocycles. The Labute approximate surface area is 132 Å². The summed E-state index contributed by atoms with van der Waals surface area (Å²) in [7, 11) is -3.72. The Bertz CT molecular complexity index is 783. The van der Waals surface area contributed by atoms with E-state index in [0.29, 0.717) is 10.0 Å². The van der Waals surface area contributed by atoms with Crippen LogP contribution in [0, 0.1) is 6.92 Å². The molecule has 2 rings (SSSR count). The second-order valence-corrected chi connectivity index (χ2v) is 7.26. The van der Waals surface area contributed by atoms with Crippen molar-refractivity contribution in [1.29, 1.82) is 0 Å². The molecular formula is C15H14BrNO3S. The minimum Gasteiger partial charge on any atom is -0.294 e. The summed E-state index contributed by atoms with van der Waals surface area (Å²) in [6, 6.07) is 11.3. The van der Waals surface area contributed by atoms with Gasteiger partial charge in [-0.1, -0.05) is 33.6 Å². The van der Waals surface area contributed by atoms with Crippen molar-refractivity contribution < 1.29 is 13.2 Å². The van der Waals surface area contributed by atoms with Gasteiger partial charge in [0.15, 0.2) is 5.78 Å². The fourth-order valence-electron chi connectivity index (χ4n) is 1.82. The number of sulfonamides is 1. The number of aryl methyl sites for hydroxylation is 1. The zero-order valence-electron chi connectivity index (χ0n) is 11.6. The van der Waals surface area contributed by atoms with Gasteiger partial charge >= 0.3 is 0 Å². The van der Waals surface area contributed by atoms with Crippen molar-refractivity contribution in [3.63, 3.8) is 0 Å². The zero-order chi connectivity index (χ0) is 15.6. The van der Waals surface area contributed by atoms with E-state index in [1.165, 1.54) is 19.1 Å². The third kappa shape index (κ3) is 3.71. The molecule has 0 atom stereocenters. The normalized spacial score (nSPS) is 11.2. The summed E-state index contributed by atoms with van der Waals surface area (Å²) in [5.41, 5.74) is 1.56. The topological polar surface area (TPSA) is 63.2 Å². The average molecular weight is 368 g/mol. The molecule has 0 aliphatic carbocycles. The molecule has 2 aromatic carbocycles. The molecule has 0 amide bonds. The number of carbonyl (C=O) groups excluding carboxylic acids is 1. The summed E-state index contributed by atoms with van der Waals surface area (Å²) in [5.74, 6) is -0.210. The van der Waals surface area contributed by atoms with Crippen LogP contribution in [-0.4, -0.2) is 14.2 Å². The molecule has 0 radical (unpaired) electrons. The summed E-state index contributed by atoms with van der Waals surface area (Å²) < 4.78 is 27.9. The van der Waals surface area contributed by atoms with Gasteiger partial charge in [0, 0.05) is 10.0 Å². The molecule has 0 unspecified atom stereocenters. The number of anilines is 1. The Morgan fingerprint density at radius 2 is 1.71 bits per heavy atom. The van der Waals surface area contributed by atoms with Crippen molar-refractivity contribution in [3.8, 4) is 0 Å². The van der Waals surface area contributed by atoms with Gasteiger partial charge in [0.05, 0.1) is 10.6 Å². The van der Waals surface area contributed by atoms with Gasteiger partial charge < -0.3 is 0 Å². The van der Waals surface area contributed by atoms with Crippen LogP contribution in [0.2, 0.25) is 0 Å². The lowest BCUT2D eigenvalue weighted by Crippen LogP contribution is -2.15. The van der Waals surface area contributed by atoms with Crippen LogP contribution in [0.15, 0.2) is 51.8 Å². The first kappa shape index (κ1) is 15.7. The lowest BCUT2D eigenvalue weighted by atomic mass is 10.1. The van der Waals surface area contributed by atoms with Crippen LogP contribution >= 0.6 is 15.9 Å². The van der Waals surface area contributed by atoms with Crippen molar-refractivity contribution >= 4 is 37.4 Å². The molecule has 0 aromatic heterocycles. The van der Waals surface area contributed by atoms with E-state index in [1.807, 2.05) is 6.92 Å². The van der Waals surface area contributed by atoms with Crippen LogP contribution in [0.3, 0.4) is 0 Å². The monoisotopic (exact) mass is 367 g/mol. The number of hydrogen-bond acceptors (Lipinski definition) is 3. The van der Waals surface area contributed by atoms with Crippen molar-refractivity contribution in [3.05, 3.63) is 58.1 Å². The van der Waals surface area contributed by atoms with Crippen molar-refractivity contribution in [2.24, 2.45) is 0 Å². The average Bonchev–Trinajstić information content (AvgIpc) is 2.41. The lowest BCUT2D eigenvalue weighted by Gasteiger charge is -2.11. The van der Waals surface area contributed by atoms with Gasteiger partial charge in [0.25, 0.3) is 10.0 Å². The highest BCUT2D eigenvalue weighted by Gasteiger charge is 2.17. The van der Waals surface area contributed by atoms with Crippen molar-refractivity contribution in [2.45, 2.75) is 18.7 Å². The van der Waals surface area contributed by atoms with Crippen LogP contribution < -0.4 is 4.72 Å². The van der Waals surface area contributed by atoms with Gasteiger partial charge in [-0.25, -0.2) is 8.42 Å². The summed E-state index contributed by atoms with van der Waals surface area (Å²) in [4.78, 5) is 11.8. The van der Waals surface area contributed by atoms with E-state index in [2.05, 4.69) is 20.7 Å². The summed E-state index contributed by atoms with van der Waals surface area (Å²) in [5, 5.41) is 0. The molecule has 0 spiro atoms. The Morgan fingerprint density at radius 3 is 2.29 bits per heavy atom. The highest BCUT2D eigenvalue weighted by atomic mass is 79.9. The molecule has 0 fully saturated rings. The molecule has 0 saturated carbocycles. The number of benzene rings is 2. The molecule has 4 nitrogen and oxygen atoms in total. The number of rotatable bonds is 4. The van der Waals surface area contributed by atoms with E-state index in [-0.39, 0.29) is 16.4 Å². The van der Waals surface area contributed by atoms with E-state index >= 15 is 0 Å². The number of nitrogens with one attached hydrogen (secondary N) is 1. The third-order valence-corrected chi connectivity index (χ3v) is 4.81. The number of Topliss-reactive ketones (excluding diaryl/α,β-unsaturated/α-hetero) is 1. The van der Waals surface area contributed by atoms with Crippen LogP contribution in [0.4, 0.5) is 5.69 Å². The molecule has 0 aliphatic rings. The minimum atomic E-state index is -3.72. The molecule has 110 valence electrons. The molecule has 1 N–H and O–H groups in total. The van der Waals surface area contributed by atoms with E-state index in [1.54, 1.807) is 30.3 Å². The van der Waals surface area contributed by atoms with Gasteiger partial charge in [-0.3, -0.25) is 9.52 Å². The summed E-state index contributed by atoms with van der Waals surface area (Å²) >= 11 is 3.27. The van der Waals surface area contributed by atoms with Gasteiger partial charge in [-0.15, -0.1) is 0 Å². The first-order valence-electron chi connectivity index (χ1n) is 6.19. The second kappa shape index (κ2) is 5.99.